The Bertz CT molecular complexity index is 788. The number of amides is 1. The van der Waals surface area contributed by atoms with E-state index in [1.165, 1.54) is 11.8 Å². The van der Waals surface area contributed by atoms with Gasteiger partial charge in [-0.1, -0.05) is 6.92 Å². The van der Waals surface area contributed by atoms with Crippen LogP contribution in [-0.4, -0.2) is 21.7 Å². The number of aromatic amines is 1. The summed E-state index contributed by atoms with van der Waals surface area (Å²) < 4.78 is 0. The van der Waals surface area contributed by atoms with Crippen LogP contribution in [0.2, 0.25) is 0 Å². The van der Waals surface area contributed by atoms with Crippen molar-refractivity contribution in [2.75, 3.05) is 5.32 Å². The number of aromatic nitrogens is 2. The molecule has 0 bridgehead atoms. The normalized spacial score (nSPS) is 17.0. The van der Waals surface area contributed by atoms with Crippen molar-refractivity contribution in [3.8, 4) is 0 Å². The van der Waals surface area contributed by atoms with Crippen molar-refractivity contribution >= 4 is 28.2 Å². The largest absolute Gasteiger partial charge is 0.354 e. The van der Waals surface area contributed by atoms with Gasteiger partial charge in [0.2, 0.25) is 0 Å². The molecule has 0 aromatic carbocycles. The van der Waals surface area contributed by atoms with Crippen molar-refractivity contribution in [1.29, 1.82) is 0 Å². The Morgan fingerprint density at radius 1 is 1.35 bits per heavy atom. The van der Waals surface area contributed by atoms with Gasteiger partial charge in [0.1, 0.15) is 5.69 Å². The van der Waals surface area contributed by atoms with Gasteiger partial charge in [0.25, 0.3) is 5.91 Å². The van der Waals surface area contributed by atoms with Gasteiger partial charge in [-0.15, -0.1) is 11.3 Å². The highest BCUT2D eigenvalue weighted by Gasteiger charge is 2.23. The van der Waals surface area contributed by atoms with Gasteiger partial charge in [0.15, 0.2) is 10.9 Å². The van der Waals surface area contributed by atoms with E-state index in [2.05, 4.69) is 22.2 Å². The molecule has 23 heavy (non-hydrogen) atoms. The second-order valence-electron chi connectivity index (χ2n) is 6.37. The number of rotatable bonds is 3. The zero-order valence-corrected chi connectivity index (χ0v) is 14.7. The molecule has 2 aromatic heterocycles. The smallest absolute Gasteiger partial charge is 0.274 e. The third-order valence-corrected chi connectivity index (χ3v) is 5.46. The van der Waals surface area contributed by atoms with E-state index >= 15 is 0 Å². The highest BCUT2D eigenvalue weighted by atomic mass is 32.1. The highest BCUT2D eigenvalue weighted by Crippen LogP contribution is 2.32. The van der Waals surface area contributed by atoms with E-state index in [9.17, 15) is 9.59 Å². The number of nitrogens with zero attached hydrogens (tertiary/aromatic N) is 1. The van der Waals surface area contributed by atoms with Crippen LogP contribution in [0.25, 0.3) is 0 Å². The van der Waals surface area contributed by atoms with E-state index in [1.54, 1.807) is 18.3 Å². The summed E-state index contributed by atoms with van der Waals surface area (Å²) in [6.45, 7) is 7.36. The quantitative estimate of drug-likeness (QED) is 0.843. The summed E-state index contributed by atoms with van der Waals surface area (Å²) in [6, 6.07) is 0. The zero-order chi connectivity index (χ0) is 16.7. The summed E-state index contributed by atoms with van der Waals surface area (Å²) in [6.07, 6.45) is 3.18. The Morgan fingerprint density at radius 2 is 2.09 bits per heavy atom. The lowest BCUT2D eigenvalue weighted by molar-refractivity contribution is 0.101. The fourth-order valence-corrected chi connectivity index (χ4v) is 4.42. The molecule has 6 heteroatoms. The molecular weight excluding hydrogens is 310 g/mol. The number of carbonyl (C=O) groups is 2. The average molecular weight is 331 g/mol. The van der Waals surface area contributed by atoms with Crippen LogP contribution in [0.1, 0.15) is 62.9 Å². The minimum atomic E-state index is -0.239. The number of fused-ring (bicyclic) bond motifs is 1. The number of carbonyl (C=O) groups excluding carboxylic acids is 2. The average Bonchev–Trinajstić information content (AvgIpc) is 2.98. The molecule has 2 aromatic rings. The number of aryl methyl sites for hydroxylation is 2. The first-order chi connectivity index (χ1) is 10.9. The van der Waals surface area contributed by atoms with Crippen molar-refractivity contribution in [2.24, 2.45) is 5.92 Å². The Balaban J connectivity index is 1.83. The van der Waals surface area contributed by atoms with Gasteiger partial charge in [-0.2, -0.15) is 0 Å². The Labute approximate surface area is 139 Å². The van der Waals surface area contributed by atoms with Gasteiger partial charge >= 0.3 is 0 Å². The maximum absolute atomic E-state index is 12.5. The monoisotopic (exact) mass is 331 g/mol. The molecule has 1 amide bonds. The van der Waals surface area contributed by atoms with Gasteiger partial charge in [-0.3, -0.25) is 14.9 Å². The lowest BCUT2D eigenvalue weighted by Gasteiger charge is -2.15. The van der Waals surface area contributed by atoms with Crippen LogP contribution in [-0.2, 0) is 12.8 Å². The second kappa shape index (κ2) is 5.92. The first kappa shape index (κ1) is 15.9. The molecule has 1 atom stereocenters. The molecular formula is C17H21N3O2S. The molecule has 122 valence electrons. The van der Waals surface area contributed by atoms with Crippen molar-refractivity contribution in [1.82, 2.24) is 9.97 Å². The van der Waals surface area contributed by atoms with E-state index in [-0.39, 0.29) is 11.7 Å². The van der Waals surface area contributed by atoms with Crippen LogP contribution in [0.3, 0.4) is 0 Å². The minimum absolute atomic E-state index is 0.0333. The van der Waals surface area contributed by atoms with Gasteiger partial charge in [-0.05, 0) is 51.5 Å². The number of ketones is 1. The molecule has 3 rings (SSSR count). The third kappa shape index (κ3) is 2.95. The first-order valence-corrected chi connectivity index (χ1v) is 8.68. The molecule has 0 fully saturated rings. The number of Topliss-reactive ketones (excluding diaryl/α,β-unsaturated/α-hetero) is 1. The molecule has 0 radical (unpaired) electrons. The minimum Gasteiger partial charge on any atom is -0.354 e. The van der Waals surface area contributed by atoms with Gasteiger partial charge in [-0.25, -0.2) is 4.98 Å². The fourth-order valence-electron chi connectivity index (χ4n) is 3.26. The number of nitrogens with one attached hydrogen (secondary N) is 2. The Morgan fingerprint density at radius 3 is 2.74 bits per heavy atom. The molecule has 1 aliphatic rings. The molecule has 0 spiro atoms. The van der Waals surface area contributed by atoms with Crippen LogP contribution >= 0.6 is 11.3 Å². The first-order valence-electron chi connectivity index (χ1n) is 7.86. The third-order valence-electron chi connectivity index (χ3n) is 4.42. The molecule has 2 heterocycles. The van der Waals surface area contributed by atoms with Gasteiger partial charge in [0, 0.05) is 16.1 Å². The van der Waals surface area contributed by atoms with Crippen molar-refractivity contribution < 1.29 is 9.59 Å². The SMILES string of the molecule is CC(=O)c1c(C)[nH]c(C(=O)Nc2nc3c(s2)C[C@H](C)CC3)c1C. The van der Waals surface area contributed by atoms with Crippen LogP contribution in [0.4, 0.5) is 5.13 Å². The number of H-pyrrole nitrogens is 1. The van der Waals surface area contributed by atoms with Gasteiger partial charge < -0.3 is 4.98 Å². The van der Waals surface area contributed by atoms with Gasteiger partial charge in [0.05, 0.1) is 5.69 Å². The molecule has 0 unspecified atom stereocenters. The molecule has 1 aliphatic carbocycles. The topological polar surface area (TPSA) is 74.8 Å². The lowest BCUT2D eigenvalue weighted by Crippen LogP contribution is -2.14. The fraction of sp³-hybridized carbons (Fsp3) is 0.471. The van der Waals surface area contributed by atoms with Crippen LogP contribution < -0.4 is 5.32 Å². The molecule has 0 saturated heterocycles. The molecule has 5 nitrogen and oxygen atoms in total. The molecule has 2 N–H and O–H groups in total. The Hall–Kier alpha value is -1.95. The van der Waals surface area contributed by atoms with Crippen LogP contribution in [0.15, 0.2) is 0 Å². The predicted octanol–water partition coefficient (Wildman–Crippen LogP) is 3.67. The van der Waals surface area contributed by atoms with E-state index in [0.29, 0.717) is 27.9 Å². The number of anilines is 1. The highest BCUT2D eigenvalue weighted by molar-refractivity contribution is 7.15. The van der Waals surface area contributed by atoms with Crippen LogP contribution in [0, 0.1) is 19.8 Å². The summed E-state index contributed by atoms with van der Waals surface area (Å²) in [4.78, 5) is 33.1. The zero-order valence-electron chi connectivity index (χ0n) is 13.9. The summed E-state index contributed by atoms with van der Waals surface area (Å²) >= 11 is 1.56. The second-order valence-corrected chi connectivity index (χ2v) is 7.46. The summed E-state index contributed by atoms with van der Waals surface area (Å²) in [5.41, 5.74) is 3.58. The van der Waals surface area contributed by atoms with Crippen LogP contribution in [0.5, 0.6) is 0 Å². The molecule has 0 aliphatic heterocycles. The number of thiazole rings is 1. The van der Waals surface area contributed by atoms with E-state index < -0.39 is 0 Å². The number of hydrogen-bond acceptors (Lipinski definition) is 4. The number of hydrogen-bond donors (Lipinski definition) is 2. The van der Waals surface area contributed by atoms with E-state index in [1.807, 2.05) is 6.92 Å². The maximum atomic E-state index is 12.5. The van der Waals surface area contributed by atoms with Crippen molar-refractivity contribution in [3.63, 3.8) is 0 Å². The summed E-state index contributed by atoms with van der Waals surface area (Å²) in [5.74, 6) is 0.407. The summed E-state index contributed by atoms with van der Waals surface area (Å²) in [7, 11) is 0. The molecule has 0 saturated carbocycles. The van der Waals surface area contributed by atoms with Crippen molar-refractivity contribution in [2.45, 2.75) is 47.0 Å². The summed E-state index contributed by atoms with van der Waals surface area (Å²) in [5, 5.41) is 3.52. The maximum Gasteiger partial charge on any atom is 0.274 e. The standard InChI is InChI=1S/C17H21N3O2S/c1-8-5-6-12-13(7-8)23-17(19-12)20-16(22)15-9(2)14(11(4)21)10(3)18-15/h8,18H,5-7H2,1-4H3,(H,19,20,22)/t8-/m1/s1. The Kier molecular flexibility index (Phi) is 4.10. The predicted molar refractivity (Wildman–Crippen MR) is 91.5 cm³/mol. The van der Waals surface area contributed by atoms with Crippen molar-refractivity contribution in [3.05, 3.63) is 33.1 Å². The van der Waals surface area contributed by atoms with E-state index in [0.717, 1.165) is 30.7 Å². The van der Waals surface area contributed by atoms with E-state index in [4.69, 9.17) is 0 Å². The lowest BCUT2D eigenvalue weighted by atomic mass is 9.93.